The molecule has 2 unspecified atom stereocenters. The molecule has 0 amide bonds. The van der Waals surface area contributed by atoms with Crippen LogP contribution in [0.25, 0.3) is 0 Å². The molecule has 19 heavy (non-hydrogen) atoms. The van der Waals surface area contributed by atoms with E-state index < -0.39 is 22.2 Å². The van der Waals surface area contributed by atoms with Gasteiger partial charge in [-0.25, -0.2) is 8.78 Å². The number of likely N-dealkylation sites (tertiary alicyclic amines) is 1. The van der Waals surface area contributed by atoms with Crippen LogP contribution in [0.2, 0.25) is 0 Å². The number of likely N-dealkylation sites (N-methyl/N-ethyl adjacent to an activating group) is 1. The molecule has 1 fully saturated rings. The first kappa shape index (κ1) is 13.7. The van der Waals surface area contributed by atoms with E-state index in [1.807, 2.05) is 14.0 Å². The van der Waals surface area contributed by atoms with Gasteiger partial charge in [0.25, 0.3) is 5.69 Å². The van der Waals surface area contributed by atoms with Gasteiger partial charge in [-0.05, 0) is 20.4 Å². The van der Waals surface area contributed by atoms with Gasteiger partial charge in [-0.1, -0.05) is 0 Å². The molecule has 5 nitrogen and oxygen atoms in total. The Bertz CT molecular complexity index is 500. The molecule has 1 aliphatic rings. The average molecular weight is 271 g/mol. The van der Waals surface area contributed by atoms with Crippen molar-refractivity contribution >= 4 is 11.4 Å². The predicted molar refractivity (Wildman–Crippen MR) is 67.1 cm³/mol. The van der Waals surface area contributed by atoms with Gasteiger partial charge in [0, 0.05) is 24.7 Å². The lowest BCUT2D eigenvalue weighted by Crippen LogP contribution is -2.25. The summed E-state index contributed by atoms with van der Waals surface area (Å²) in [6, 6.07) is 1.61. The SMILES string of the molecule is CC1CC(Nc2c(F)cc(F)cc2[N+](=O)[O-])CN1C. The summed E-state index contributed by atoms with van der Waals surface area (Å²) in [5.74, 6) is -1.89. The minimum Gasteiger partial charge on any atom is -0.373 e. The quantitative estimate of drug-likeness (QED) is 0.677. The van der Waals surface area contributed by atoms with Gasteiger partial charge in [0.1, 0.15) is 11.5 Å². The van der Waals surface area contributed by atoms with Crippen LogP contribution in [0.15, 0.2) is 12.1 Å². The van der Waals surface area contributed by atoms with Crippen LogP contribution in [-0.2, 0) is 0 Å². The maximum atomic E-state index is 13.7. The first-order chi connectivity index (χ1) is 8.88. The molecule has 1 N–H and O–H groups in total. The van der Waals surface area contributed by atoms with Crippen molar-refractivity contribution in [2.24, 2.45) is 0 Å². The highest BCUT2D eigenvalue weighted by molar-refractivity contribution is 5.63. The zero-order chi connectivity index (χ0) is 14.2. The summed E-state index contributed by atoms with van der Waals surface area (Å²) in [5.41, 5.74) is -0.807. The van der Waals surface area contributed by atoms with Gasteiger partial charge in [0.15, 0.2) is 5.82 Å². The average Bonchev–Trinajstić information content (AvgIpc) is 2.61. The number of halogens is 2. The fourth-order valence-electron chi connectivity index (χ4n) is 2.35. The van der Waals surface area contributed by atoms with Crippen LogP contribution in [0.1, 0.15) is 13.3 Å². The molecule has 1 heterocycles. The predicted octanol–water partition coefficient (Wildman–Crippen LogP) is 2.38. The lowest BCUT2D eigenvalue weighted by Gasteiger charge is -2.15. The normalized spacial score (nSPS) is 23.6. The molecule has 2 atom stereocenters. The maximum absolute atomic E-state index is 13.7. The Balaban J connectivity index is 2.27. The van der Waals surface area contributed by atoms with Crippen molar-refractivity contribution in [2.45, 2.75) is 25.4 Å². The van der Waals surface area contributed by atoms with E-state index in [9.17, 15) is 18.9 Å². The van der Waals surface area contributed by atoms with Gasteiger partial charge in [-0.3, -0.25) is 10.1 Å². The summed E-state index contributed by atoms with van der Waals surface area (Å²) in [7, 11) is 1.93. The fraction of sp³-hybridized carbons (Fsp3) is 0.500. The topological polar surface area (TPSA) is 58.4 Å². The highest BCUT2D eigenvalue weighted by Gasteiger charge is 2.29. The smallest absolute Gasteiger partial charge is 0.298 e. The molecule has 0 saturated carbocycles. The number of nitrogens with one attached hydrogen (secondary N) is 1. The van der Waals surface area contributed by atoms with E-state index in [-0.39, 0.29) is 11.7 Å². The highest BCUT2D eigenvalue weighted by atomic mass is 19.1. The number of hydrogen-bond acceptors (Lipinski definition) is 4. The second-order valence-electron chi connectivity index (χ2n) is 4.90. The Morgan fingerprint density at radius 2 is 2.16 bits per heavy atom. The fourth-order valence-corrected chi connectivity index (χ4v) is 2.35. The summed E-state index contributed by atoms with van der Waals surface area (Å²) in [6.45, 7) is 2.69. The molecule has 2 rings (SSSR count). The van der Waals surface area contributed by atoms with Crippen LogP contribution in [0, 0.1) is 21.7 Å². The van der Waals surface area contributed by atoms with Crippen molar-refractivity contribution in [3.8, 4) is 0 Å². The lowest BCUT2D eigenvalue weighted by atomic mass is 10.1. The van der Waals surface area contributed by atoms with Gasteiger partial charge in [0.2, 0.25) is 0 Å². The van der Waals surface area contributed by atoms with E-state index in [4.69, 9.17) is 0 Å². The highest BCUT2D eigenvalue weighted by Crippen LogP contribution is 2.31. The molecule has 0 radical (unpaired) electrons. The first-order valence-corrected chi connectivity index (χ1v) is 5.98. The Kier molecular flexibility index (Phi) is 3.66. The van der Waals surface area contributed by atoms with Gasteiger partial charge < -0.3 is 10.2 Å². The van der Waals surface area contributed by atoms with Crippen LogP contribution in [-0.4, -0.2) is 35.5 Å². The van der Waals surface area contributed by atoms with Crippen LogP contribution in [0.5, 0.6) is 0 Å². The molecule has 0 aromatic heterocycles. The Hall–Kier alpha value is -1.76. The zero-order valence-corrected chi connectivity index (χ0v) is 10.7. The van der Waals surface area contributed by atoms with E-state index >= 15 is 0 Å². The molecule has 0 aliphatic carbocycles. The van der Waals surface area contributed by atoms with Crippen LogP contribution in [0.3, 0.4) is 0 Å². The minimum atomic E-state index is -0.952. The third-order valence-electron chi connectivity index (χ3n) is 3.47. The summed E-state index contributed by atoms with van der Waals surface area (Å²) in [4.78, 5) is 12.1. The van der Waals surface area contributed by atoms with Crippen molar-refractivity contribution in [2.75, 3.05) is 18.9 Å². The largest absolute Gasteiger partial charge is 0.373 e. The number of nitro benzene ring substituents is 1. The van der Waals surface area contributed by atoms with Gasteiger partial charge >= 0.3 is 0 Å². The Morgan fingerprint density at radius 3 is 2.68 bits per heavy atom. The molecule has 1 aromatic rings. The molecule has 1 aromatic carbocycles. The molecule has 0 bridgehead atoms. The van der Waals surface area contributed by atoms with Crippen molar-refractivity contribution in [3.05, 3.63) is 33.9 Å². The van der Waals surface area contributed by atoms with E-state index in [1.54, 1.807) is 0 Å². The Morgan fingerprint density at radius 1 is 1.47 bits per heavy atom. The second kappa shape index (κ2) is 5.08. The van der Waals surface area contributed by atoms with Crippen molar-refractivity contribution in [1.82, 2.24) is 4.90 Å². The summed E-state index contributed by atoms with van der Waals surface area (Å²) < 4.78 is 26.7. The van der Waals surface area contributed by atoms with E-state index in [0.29, 0.717) is 18.7 Å². The molecular weight excluding hydrogens is 256 g/mol. The lowest BCUT2D eigenvalue weighted by molar-refractivity contribution is -0.384. The first-order valence-electron chi connectivity index (χ1n) is 5.98. The monoisotopic (exact) mass is 271 g/mol. The number of benzene rings is 1. The summed E-state index contributed by atoms with van der Waals surface area (Å²) in [6.07, 6.45) is 0.754. The van der Waals surface area contributed by atoms with Gasteiger partial charge in [-0.2, -0.15) is 0 Å². The number of nitrogens with zero attached hydrogens (tertiary/aromatic N) is 2. The maximum Gasteiger partial charge on any atom is 0.298 e. The van der Waals surface area contributed by atoms with E-state index in [1.165, 1.54) is 0 Å². The summed E-state index contributed by atoms with van der Waals surface area (Å²) in [5, 5.41) is 13.7. The van der Waals surface area contributed by atoms with Crippen molar-refractivity contribution < 1.29 is 13.7 Å². The number of rotatable bonds is 3. The number of anilines is 1. The van der Waals surface area contributed by atoms with Crippen LogP contribution < -0.4 is 5.32 Å². The zero-order valence-electron chi connectivity index (χ0n) is 10.7. The van der Waals surface area contributed by atoms with Gasteiger partial charge in [0.05, 0.1) is 11.0 Å². The molecule has 1 aliphatic heterocycles. The molecule has 7 heteroatoms. The number of nitro groups is 1. The standard InChI is InChI=1S/C12H15F2N3O2/c1-7-3-9(6-16(7)2)15-12-10(14)4-8(13)5-11(12)17(18)19/h4-5,7,9,15H,3,6H2,1-2H3. The third-order valence-corrected chi connectivity index (χ3v) is 3.47. The molecule has 104 valence electrons. The molecule has 1 saturated heterocycles. The van der Waals surface area contributed by atoms with Gasteiger partial charge in [-0.15, -0.1) is 0 Å². The van der Waals surface area contributed by atoms with Crippen molar-refractivity contribution in [1.29, 1.82) is 0 Å². The van der Waals surface area contributed by atoms with E-state index in [0.717, 1.165) is 12.5 Å². The third kappa shape index (κ3) is 2.81. The minimum absolute atomic E-state index is 0.0846. The Labute approximate surface area is 109 Å². The van der Waals surface area contributed by atoms with Crippen molar-refractivity contribution in [3.63, 3.8) is 0 Å². The molecular formula is C12H15F2N3O2. The van der Waals surface area contributed by atoms with Crippen LogP contribution in [0.4, 0.5) is 20.2 Å². The summed E-state index contributed by atoms with van der Waals surface area (Å²) >= 11 is 0. The van der Waals surface area contributed by atoms with Crippen LogP contribution >= 0.6 is 0 Å². The second-order valence-corrected chi connectivity index (χ2v) is 4.90. The molecule has 0 spiro atoms. The number of hydrogen-bond donors (Lipinski definition) is 1. The van der Waals surface area contributed by atoms with E-state index in [2.05, 4.69) is 10.2 Å².